The molecule has 0 aliphatic carbocycles. The lowest BCUT2D eigenvalue weighted by molar-refractivity contribution is -0.121. The molecule has 1 atom stereocenters. The average Bonchev–Trinajstić information content (AvgIpc) is 3.30. The largest absolute Gasteiger partial charge is 0.354 e. The number of H-pyrrole nitrogens is 1. The van der Waals surface area contributed by atoms with E-state index in [0.717, 1.165) is 17.0 Å². The van der Waals surface area contributed by atoms with Gasteiger partial charge in [0.25, 0.3) is 0 Å². The van der Waals surface area contributed by atoms with Gasteiger partial charge in [0.15, 0.2) is 10.6 Å². The summed E-state index contributed by atoms with van der Waals surface area (Å²) in [7, 11) is 4.05. The van der Waals surface area contributed by atoms with Crippen LogP contribution in [0, 0.1) is 11.7 Å². The maximum atomic E-state index is 12.4. The lowest BCUT2D eigenvalue weighted by Crippen LogP contribution is -2.34. The van der Waals surface area contributed by atoms with E-state index in [1.807, 2.05) is 49.9 Å². The van der Waals surface area contributed by atoms with Crippen LogP contribution in [0.2, 0.25) is 0 Å². The number of carbonyl (C=O) groups is 1. The molecule has 1 aromatic carbocycles. The summed E-state index contributed by atoms with van der Waals surface area (Å²) in [6.07, 6.45) is 0.344. The summed E-state index contributed by atoms with van der Waals surface area (Å²) in [6.45, 7) is 3.10. The summed E-state index contributed by atoms with van der Waals surface area (Å²) in [6, 6.07) is 12.4. The number of carbonyl (C=O) groups excluding carboxylic acids is 1. The highest BCUT2D eigenvalue weighted by molar-refractivity contribution is 7.71. The number of aromatic amines is 1. The molecular formula is C20H25N5OS2. The maximum absolute atomic E-state index is 12.4. The highest BCUT2D eigenvalue weighted by Gasteiger charge is 2.17. The molecule has 0 aliphatic rings. The van der Waals surface area contributed by atoms with Crippen LogP contribution >= 0.6 is 23.6 Å². The first-order valence-electron chi connectivity index (χ1n) is 9.14. The molecule has 3 aromatic rings. The zero-order valence-electron chi connectivity index (χ0n) is 16.3. The van der Waals surface area contributed by atoms with E-state index in [2.05, 4.69) is 37.9 Å². The summed E-state index contributed by atoms with van der Waals surface area (Å²) in [5.74, 6) is 0.757. The molecular weight excluding hydrogens is 390 g/mol. The fourth-order valence-electron chi connectivity index (χ4n) is 3.06. The summed E-state index contributed by atoms with van der Waals surface area (Å²) in [5, 5.41) is 12.3. The van der Waals surface area contributed by atoms with Crippen LogP contribution in [-0.4, -0.2) is 46.2 Å². The normalized spacial score (nSPS) is 12.3. The predicted octanol–water partition coefficient (Wildman–Crippen LogP) is 3.79. The molecule has 0 aliphatic heterocycles. The van der Waals surface area contributed by atoms with E-state index in [1.54, 1.807) is 11.3 Å². The maximum Gasteiger partial charge on any atom is 0.221 e. The van der Waals surface area contributed by atoms with Crippen molar-refractivity contribution in [2.24, 2.45) is 0 Å². The second-order valence-electron chi connectivity index (χ2n) is 6.92. The minimum atomic E-state index is 0.00157. The average molecular weight is 416 g/mol. The number of hydrogen-bond donors (Lipinski definition) is 2. The van der Waals surface area contributed by atoms with Gasteiger partial charge in [-0.15, -0.1) is 11.3 Å². The van der Waals surface area contributed by atoms with Crippen LogP contribution in [0.4, 0.5) is 0 Å². The Morgan fingerprint density at radius 2 is 2.18 bits per heavy atom. The molecule has 28 heavy (non-hydrogen) atoms. The fraction of sp³-hybridized carbons (Fsp3) is 0.350. The molecule has 6 nitrogen and oxygen atoms in total. The van der Waals surface area contributed by atoms with Crippen LogP contribution in [0.25, 0.3) is 11.4 Å². The third-order valence-corrected chi connectivity index (χ3v) is 5.87. The van der Waals surface area contributed by atoms with E-state index < -0.39 is 0 Å². The van der Waals surface area contributed by atoms with Crippen molar-refractivity contribution in [1.82, 2.24) is 25.0 Å². The number of aromatic nitrogens is 3. The van der Waals surface area contributed by atoms with Crippen molar-refractivity contribution >= 4 is 29.5 Å². The Hall–Kier alpha value is -2.29. The number of benzene rings is 1. The van der Waals surface area contributed by atoms with Gasteiger partial charge in [-0.2, -0.15) is 5.10 Å². The van der Waals surface area contributed by atoms with Crippen molar-refractivity contribution < 1.29 is 4.79 Å². The Kier molecular flexibility index (Phi) is 6.77. The van der Waals surface area contributed by atoms with Crippen molar-refractivity contribution in [2.45, 2.75) is 25.9 Å². The van der Waals surface area contributed by atoms with Gasteiger partial charge in [-0.1, -0.05) is 29.8 Å². The summed E-state index contributed by atoms with van der Waals surface area (Å²) >= 11 is 7.06. The Morgan fingerprint density at radius 1 is 1.36 bits per heavy atom. The smallest absolute Gasteiger partial charge is 0.221 e. The molecule has 2 N–H and O–H groups in total. The second kappa shape index (κ2) is 9.27. The number of likely N-dealkylation sites (N-methyl/N-ethyl adjacent to an activating group) is 1. The number of thiophene rings is 1. The number of nitrogens with one attached hydrogen (secondary N) is 2. The standard InChI is InChI=1S/C20H25N5OS2/c1-14-6-4-7-15(12-14)19-22-23-20(27)25(19)10-9-18(26)21-13-16(24(2)3)17-8-5-11-28-17/h4-8,11-12,16H,9-10,13H2,1-3H3,(H,21,26)(H,23,27)/t16-/m0/s1. The quantitative estimate of drug-likeness (QED) is 0.550. The third kappa shape index (κ3) is 4.95. The van der Waals surface area contributed by atoms with Gasteiger partial charge < -0.3 is 10.2 Å². The van der Waals surface area contributed by atoms with E-state index in [-0.39, 0.29) is 11.9 Å². The monoisotopic (exact) mass is 415 g/mol. The van der Waals surface area contributed by atoms with Crippen LogP contribution in [-0.2, 0) is 11.3 Å². The topological polar surface area (TPSA) is 66.0 Å². The number of aryl methyl sites for hydroxylation is 1. The van der Waals surface area contributed by atoms with Gasteiger partial charge in [0.2, 0.25) is 5.91 Å². The molecule has 0 saturated heterocycles. The summed E-state index contributed by atoms with van der Waals surface area (Å²) in [4.78, 5) is 15.8. The van der Waals surface area contributed by atoms with E-state index >= 15 is 0 Å². The van der Waals surface area contributed by atoms with E-state index in [9.17, 15) is 4.79 Å². The van der Waals surface area contributed by atoms with Crippen molar-refractivity contribution in [2.75, 3.05) is 20.6 Å². The van der Waals surface area contributed by atoms with Crippen molar-refractivity contribution in [3.05, 3.63) is 57.0 Å². The van der Waals surface area contributed by atoms with Crippen LogP contribution in [0.3, 0.4) is 0 Å². The lowest BCUT2D eigenvalue weighted by Gasteiger charge is -2.23. The molecule has 0 bridgehead atoms. The summed E-state index contributed by atoms with van der Waals surface area (Å²) in [5.41, 5.74) is 2.14. The molecule has 2 heterocycles. The molecule has 8 heteroatoms. The SMILES string of the molecule is Cc1cccc(-c2n[nH]c(=S)n2CCC(=O)NC[C@@H](c2cccs2)N(C)C)c1. The Balaban J connectivity index is 1.62. The zero-order chi connectivity index (χ0) is 20.1. The van der Waals surface area contributed by atoms with Gasteiger partial charge in [0, 0.05) is 30.0 Å². The second-order valence-corrected chi connectivity index (χ2v) is 8.29. The Bertz CT molecular complexity index is 975. The van der Waals surface area contributed by atoms with Crippen LogP contribution in [0.15, 0.2) is 41.8 Å². The van der Waals surface area contributed by atoms with Gasteiger partial charge in [-0.05, 0) is 50.7 Å². The van der Waals surface area contributed by atoms with Gasteiger partial charge >= 0.3 is 0 Å². The van der Waals surface area contributed by atoms with Crippen LogP contribution in [0.1, 0.15) is 22.9 Å². The van der Waals surface area contributed by atoms with Gasteiger partial charge in [-0.3, -0.25) is 14.5 Å². The van der Waals surface area contributed by atoms with Gasteiger partial charge in [0.1, 0.15) is 0 Å². The molecule has 2 aromatic heterocycles. The van der Waals surface area contributed by atoms with E-state index in [0.29, 0.717) is 24.3 Å². The number of nitrogens with zero attached hydrogens (tertiary/aromatic N) is 3. The number of rotatable bonds is 8. The molecule has 3 rings (SSSR count). The highest BCUT2D eigenvalue weighted by Crippen LogP contribution is 2.22. The molecule has 0 spiro atoms. The first kappa shape index (κ1) is 20.4. The van der Waals surface area contributed by atoms with Crippen molar-refractivity contribution in [3.63, 3.8) is 0 Å². The summed E-state index contributed by atoms with van der Waals surface area (Å²) < 4.78 is 2.40. The molecule has 1 amide bonds. The molecule has 0 saturated carbocycles. The third-order valence-electron chi connectivity index (χ3n) is 4.58. The Labute approximate surface area is 174 Å². The number of amides is 1. The van der Waals surface area contributed by atoms with E-state index in [4.69, 9.17) is 12.2 Å². The molecule has 0 fully saturated rings. The van der Waals surface area contributed by atoms with Crippen LogP contribution in [0.5, 0.6) is 0 Å². The molecule has 0 radical (unpaired) electrons. The van der Waals surface area contributed by atoms with Crippen molar-refractivity contribution in [3.8, 4) is 11.4 Å². The fourth-order valence-corrected chi connectivity index (χ4v) is 4.21. The first-order chi connectivity index (χ1) is 13.5. The highest BCUT2D eigenvalue weighted by atomic mass is 32.1. The Morgan fingerprint density at radius 3 is 2.86 bits per heavy atom. The number of hydrogen-bond acceptors (Lipinski definition) is 5. The first-order valence-corrected chi connectivity index (χ1v) is 10.4. The predicted molar refractivity (Wildman–Crippen MR) is 116 cm³/mol. The van der Waals surface area contributed by atoms with Crippen LogP contribution < -0.4 is 5.32 Å². The minimum Gasteiger partial charge on any atom is -0.354 e. The van der Waals surface area contributed by atoms with E-state index in [1.165, 1.54) is 4.88 Å². The van der Waals surface area contributed by atoms with Gasteiger partial charge in [-0.25, -0.2) is 0 Å². The molecule has 0 unspecified atom stereocenters. The van der Waals surface area contributed by atoms with Crippen molar-refractivity contribution in [1.29, 1.82) is 0 Å². The molecule has 148 valence electrons. The lowest BCUT2D eigenvalue weighted by atomic mass is 10.1. The minimum absolute atomic E-state index is 0.00157. The van der Waals surface area contributed by atoms with Gasteiger partial charge in [0.05, 0.1) is 6.04 Å². The zero-order valence-corrected chi connectivity index (χ0v) is 17.9.